The highest BCUT2D eigenvalue weighted by atomic mass is 16.6. The van der Waals surface area contributed by atoms with Crippen LogP contribution in [0.4, 0.5) is 0 Å². The molecule has 0 bridgehead atoms. The molecule has 0 radical (unpaired) electrons. The molecule has 0 fully saturated rings. The van der Waals surface area contributed by atoms with Gasteiger partial charge in [0, 0.05) is 0 Å². The van der Waals surface area contributed by atoms with E-state index < -0.39 is 5.97 Å². The van der Waals surface area contributed by atoms with E-state index in [1.807, 2.05) is 13.8 Å². The van der Waals surface area contributed by atoms with Crippen LogP contribution in [0.1, 0.15) is 20.8 Å². The number of rotatable bonds is 7. The van der Waals surface area contributed by atoms with Gasteiger partial charge in [-0.1, -0.05) is 0 Å². The number of carbonyl (C=O) groups is 1. The van der Waals surface area contributed by atoms with Gasteiger partial charge in [-0.3, -0.25) is 0 Å². The molecule has 0 aliphatic carbocycles. The van der Waals surface area contributed by atoms with E-state index in [0.717, 1.165) is 0 Å². The van der Waals surface area contributed by atoms with Crippen LogP contribution in [0, 0.1) is 0 Å². The van der Waals surface area contributed by atoms with Gasteiger partial charge in [0.2, 0.25) is 0 Å². The summed E-state index contributed by atoms with van der Waals surface area (Å²) in [6.07, 6.45) is 0.162. The molecule has 0 saturated heterocycles. The Morgan fingerprint density at radius 1 is 1.29 bits per heavy atom. The molecule has 4 heteroatoms. The Morgan fingerprint density at radius 3 is 2.43 bits per heavy atom. The summed E-state index contributed by atoms with van der Waals surface area (Å²) in [5.41, 5.74) is 0. The molecule has 0 aliphatic rings. The molecule has 0 amide bonds. The van der Waals surface area contributed by atoms with E-state index in [9.17, 15) is 4.79 Å². The summed E-state index contributed by atoms with van der Waals surface area (Å²) in [4.78, 5) is 11.0. The molecular weight excluding hydrogens is 184 g/mol. The van der Waals surface area contributed by atoms with Crippen LogP contribution in [-0.2, 0) is 19.0 Å². The molecule has 82 valence electrons. The zero-order chi connectivity index (χ0) is 11.0. The minimum atomic E-state index is -0.517. The normalized spacial score (nSPS) is 10.0. The van der Waals surface area contributed by atoms with Crippen LogP contribution in [0.5, 0.6) is 0 Å². The summed E-state index contributed by atoms with van der Waals surface area (Å²) in [5.74, 6) is -0.490. The van der Waals surface area contributed by atoms with Gasteiger partial charge in [0.25, 0.3) is 0 Å². The average molecular weight is 202 g/mol. The zero-order valence-electron chi connectivity index (χ0n) is 9.04. The largest absolute Gasteiger partial charge is 0.485 e. The summed E-state index contributed by atoms with van der Waals surface area (Å²) in [6.45, 7) is 10.1. The van der Waals surface area contributed by atoms with Crippen LogP contribution in [0.15, 0.2) is 12.3 Å². The highest BCUT2D eigenvalue weighted by Gasteiger charge is 2.08. The van der Waals surface area contributed by atoms with Gasteiger partial charge < -0.3 is 14.2 Å². The third-order valence-electron chi connectivity index (χ3n) is 1.31. The third kappa shape index (κ3) is 6.48. The molecular formula is C10H18O4. The van der Waals surface area contributed by atoms with E-state index in [4.69, 9.17) is 9.47 Å². The van der Waals surface area contributed by atoms with E-state index in [1.54, 1.807) is 6.92 Å². The standard InChI is InChI=1S/C10H18O4/c1-5-12-10(11)9(4)14-7-6-13-8(2)3/h8H,4-7H2,1-3H3. The number of carbonyl (C=O) groups excluding carboxylic acids is 1. The van der Waals surface area contributed by atoms with E-state index in [1.165, 1.54) is 0 Å². The minimum Gasteiger partial charge on any atom is -0.485 e. The van der Waals surface area contributed by atoms with Crippen molar-refractivity contribution in [3.8, 4) is 0 Å². The SMILES string of the molecule is C=C(OCCOC(C)C)C(=O)OCC. The highest BCUT2D eigenvalue weighted by molar-refractivity contribution is 5.85. The van der Waals surface area contributed by atoms with Crippen molar-refractivity contribution in [3.63, 3.8) is 0 Å². The lowest BCUT2D eigenvalue weighted by Gasteiger charge is -2.10. The Bertz CT molecular complexity index is 187. The summed E-state index contributed by atoms with van der Waals surface area (Å²) in [6, 6.07) is 0. The second-order valence-corrected chi connectivity index (χ2v) is 2.91. The van der Waals surface area contributed by atoms with Crippen molar-refractivity contribution in [1.82, 2.24) is 0 Å². The summed E-state index contributed by atoms with van der Waals surface area (Å²) >= 11 is 0. The van der Waals surface area contributed by atoms with Crippen molar-refractivity contribution in [1.29, 1.82) is 0 Å². The van der Waals surface area contributed by atoms with Crippen LogP contribution in [0.25, 0.3) is 0 Å². The molecule has 0 unspecified atom stereocenters. The topological polar surface area (TPSA) is 44.8 Å². The van der Waals surface area contributed by atoms with Gasteiger partial charge in [-0.25, -0.2) is 4.79 Å². The van der Waals surface area contributed by atoms with Gasteiger partial charge in [-0.15, -0.1) is 0 Å². The number of esters is 1. The quantitative estimate of drug-likeness (QED) is 0.271. The second kappa shape index (κ2) is 7.38. The lowest BCUT2D eigenvalue weighted by molar-refractivity contribution is -0.142. The van der Waals surface area contributed by atoms with Crippen LogP contribution < -0.4 is 0 Å². The Labute approximate surface area is 84.8 Å². The Kier molecular flexibility index (Phi) is 6.84. The lowest BCUT2D eigenvalue weighted by atomic mass is 10.5. The van der Waals surface area contributed by atoms with Crippen LogP contribution in [0.2, 0.25) is 0 Å². The van der Waals surface area contributed by atoms with Crippen LogP contribution in [0.3, 0.4) is 0 Å². The third-order valence-corrected chi connectivity index (χ3v) is 1.31. The summed E-state index contributed by atoms with van der Waals surface area (Å²) in [7, 11) is 0. The van der Waals surface area contributed by atoms with Gasteiger partial charge in [0.15, 0.2) is 5.76 Å². The smallest absolute Gasteiger partial charge is 0.372 e. The molecule has 14 heavy (non-hydrogen) atoms. The molecule has 0 rings (SSSR count). The van der Waals surface area contributed by atoms with E-state index in [2.05, 4.69) is 11.3 Å². The molecule has 0 spiro atoms. The maximum absolute atomic E-state index is 11.0. The fourth-order valence-electron chi connectivity index (χ4n) is 0.719. The zero-order valence-corrected chi connectivity index (χ0v) is 9.04. The highest BCUT2D eigenvalue weighted by Crippen LogP contribution is 1.97. The first-order valence-corrected chi connectivity index (χ1v) is 4.68. The van der Waals surface area contributed by atoms with Crippen molar-refractivity contribution in [2.75, 3.05) is 19.8 Å². The van der Waals surface area contributed by atoms with Gasteiger partial charge in [0.1, 0.15) is 6.61 Å². The second-order valence-electron chi connectivity index (χ2n) is 2.91. The summed E-state index contributed by atoms with van der Waals surface area (Å²) in [5, 5.41) is 0. The van der Waals surface area contributed by atoms with Gasteiger partial charge >= 0.3 is 5.97 Å². The summed E-state index contributed by atoms with van der Waals surface area (Å²) < 4.78 is 14.9. The first kappa shape index (κ1) is 13.0. The Morgan fingerprint density at radius 2 is 1.93 bits per heavy atom. The van der Waals surface area contributed by atoms with Crippen LogP contribution >= 0.6 is 0 Å². The lowest BCUT2D eigenvalue weighted by Crippen LogP contribution is -2.14. The molecule has 0 heterocycles. The monoisotopic (exact) mass is 202 g/mol. The fraction of sp³-hybridized carbons (Fsp3) is 0.700. The molecule has 0 N–H and O–H groups in total. The Balaban J connectivity index is 3.49. The van der Waals surface area contributed by atoms with Gasteiger partial charge in [-0.2, -0.15) is 0 Å². The van der Waals surface area contributed by atoms with Crippen molar-refractivity contribution in [2.45, 2.75) is 26.9 Å². The van der Waals surface area contributed by atoms with E-state index >= 15 is 0 Å². The van der Waals surface area contributed by atoms with E-state index in [0.29, 0.717) is 19.8 Å². The molecule has 0 atom stereocenters. The first-order chi connectivity index (χ1) is 6.57. The number of ether oxygens (including phenoxy) is 3. The van der Waals surface area contributed by atoms with Crippen molar-refractivity contribution < 1.29 is 19.0 Å². The van der Waals surface area contributed by atoms with Crippen molar-refractivity contribution in [3.05, 3.63) is 12.3 Å². The predicted octanol–water partition coefficient (Wildman–Crippen LogP) is 1.50. The maximum atomic E-state index is 11.0. The first-order valence-electron chi connectivity index (χ1n) is 4.68. The number of hydrogen-bond donors (Lipinski definition) is 0. The van der Waals surface area contributed by atoms with Crippen LogP contribution in [-0.4, -0.2) is 31.9 Å². The average Bonchev–Trinajstić information content (AvgIpc) is 2.12. The molecule has 0 aliphatic heterocycles. The van der Waals surface area contributed by atoms with Crippen molar-refractivity contribution >= 4 is 5.97 Å². The maximum Gasteiger partial charge on any atom is 0.372 e. The minimum absolute atomic E-state index is 0.0270. The van der Waals surface area contributed by atoms with Gasteiger partial charge in [0.05, 0.1) is 19.3 Å². The molecule has 0 aromatic rings. The number of hydrogen-bond acceptors (Lipinski definition) is 4. The van der Waals surface area contributed by atoms with E-state index in [-0.39, 0.29) is 11.9 Å². The predicted molar refractivity (Wildman–Crippen MR) is 52.8 cm³/mol. The molecule has 0 aromatic heterocycles. The molecule has 0 saturated carbocycles. The molecule has 4 nitrogen and oxygen atoms in total. The Hall–Kier alpha value is -1.03. The fourth-order valence-corrected chi connectivity index (χ4v) is 0.719. The molecule has 0 aromatic carbocycles. The van der Waals surface area contributed by atoms with Crippen molar-refractivity contribution in [2.24, 2.45) is 0 Å². The van der Waals surface area contributed by atoms with Gasteiger partial charge in [-0.05, 0) is 27.4 Å².